The van der Waals surface area contributed by atoms with Gasteiger partial charge in [-0.2, -0.15) is 0 Å². The van der Waals surface area contributed by atoms with E-state index in [9.17, 15) is 13.2 Å². The number of halogens is 3. The molecule has 0 spiro atoms. The number of nitrogens with one attached hydrogen (secondary N) is 1. The van der Waals surface area contributed by atoms with Gasteiger partial charge in [-0.1, -0.05) is 0 Å². The maximum absolute atomic E-state index is 14.1. The zero-order valence-electron chi connectivity index (χ0n) is 11.2. The van der Waals surface area contributed by atoms with Crippen LogP contribution in [0.2, 0.25) is 0 Å². The van der Waals surface area contributed by atoms with Crippen molar-refractivity contribution >= 4 is 16.6 Å². The molecule has 0 saturated heterocycles. The maximum atomic E-state index is 14.1. The van der Waals surface area contributed by atoms with Crippen LogP contribution in [0.15, 0.2) is 6.07 Å². The first-order valence-corrected chi connectivity index (χ1v) is 6.86. The van der Waals surface area contributed by atoms with Crippen LogP contribution < -0.4 is 5.32 Å². The predicted octanol–water partition coefficient (Wildman–Crippen LogP) is 3.96. The molecule has 0 bridgehead atoms. The van der Waals surface area contributed by atoms with Crippen LogP contribution in [0.5, 0.6) is 0 Å². The SMILES string of the molecule is CCNc1c2c(nc3cc(F)c(F)c(F)c13)CCCC2. The third-order valence-corrected chi connectivity index (χ3v) is 3.74. The first kappa shape index (κ1) is 13.2. The lowest BCUT2D eigenvalue weighted by Gasteiger charge is -2.21. The van der Waals surface area contributed by atoms with Gasteiger partial charge in [0.15, 0.2) is 17.5 Å². The molecule has 3 rings (SSSR count). The Hall–Kier alpha value is -1.78. The molecule has 2 aromatic rings. The van der Waals surface area contributed by atoms with Gasteiger partial charge in [0.05, 0.1) is 16.6 Å². The van der Waals surface area contributed by atoms with E-state index in [-0.39, 0.29) is 10.9 Å². The first-order chi connectivity index (χ1) is 9.63. The zero-order valence-corrected chi connectivity index (χ0v) is 11.2. The number of anilines is 1. The lowest BCUT2D eigenvalue weighted by Crippen LogP contribution is -2.12. The second-order valence-electron chi connectivity index (χ2n) is 5.03. The number of hydrogen-bond donors (Lipinski definition) is 1. The Labute approximate surface area is 115 Å². The van der Waals surface area contributed by atoms with E-state index in [4.69, 9.17) is 0 Å². The molecule has 0 atom stereocenters. The molecule has 1 N–H and O–H groups in total. The minimum absolute atomic E-state index is 0.0615. The number of aryl methyl sites for hydroxylation is 1. The summed E-state index contributed by atoms with van der Waals surface area (Å²) in [6.45, 7) is 2.48. The normalized spacial score (nSPS) is 14.4. The first-order valence-electron chi connectivity index (χ1n) is 6.86. The Morgan fingerprint density at radius 2 is 1.90 bits per heavy atom. The van der Waals surface area contributed by atoms with Gasteiger partial charge in [-0.15, -0.1) is 0 Å². The van der Waals surface area contributed by atoms with Crippen LogP contribution in [-0.4, -0.2) is 11.5 Å². The van der Waals surface area contributed by atoms with Crippen molar-refractivity contribution in [2.45, 2.75) is 32.6 Å². The Bertz CT molecular complexity index is 683. The van der Waals surface area contributed by atoms with Crippen LogP contribution in [0.1, 0.15) is 31.0 Å². The Morgan fingerprint density at radius 1 is 1.15 bits per heavy atom. The summed E-state index contributed by atoms with van der Waals surface area (Å²) in [7, 11) is 0. The number of rotatable bonds is 2. The summed E-state index contributed by atoms with van der Waals surface area (Å²) >= 11 is 0. The Kier molecular flexibility index (Phi) is 3.28. The maximum Gasteiger partial charge on any atom is 0.195 e. The minimum Gasteiger partial charge on any atom is -0.384 e. The van der Waals surface area contributed by atoms with Crippen molar-refractivity contribution in [2.24, 2.45) is 0 Å². The summed E-state index contributed by atoms with van der Waals surface area (Å²) in [5.41, 5.74) is 2.56. The van der Waals surface area contributed by atoms with Gasteiger partial charge in [-0.05, 0) is 38.2 Å². The van der Waals surface area contributed by atoms with Gasteiger partial charge in [0.25, 0.3) is 0 Å². The van der Waals surface area contributed by atoms with E-state index in [1.807, 2.05) is 6.92 Å². The summed E-state index contributed by atoms with van der Waals surface area (Å²) < 4.78 is 41.0. The van der Waals surface area contributed by atoms with E-state index in [0.717, 1.165) is 43.0 Å². The van der Waals surface area contributed by atoms with Gasteiger partial charge in [-0.3, -0.25) is 4.98 Å². The molecule has 20 heavy (non-hydrogen) atoms. The van der Waals surface area contributed by atoms with Crippen LogP contribution in [-0.2, 0) is 12.8 Å². The molecule has 1 aliphatic carbocycles. The second-order valence-corrected chi connectivity index (χ2v) is 5.03. The Morgan fingerprint density at radius 3 is 2.65 bits per heavy atom. The highest BCUT2D eigenvalue weighted by molar-refractivity contribution is 5.94. The van der Waals surface area contributed by atoms with Crippen molar-refractivity contribution < 1.29 is 13.2 Å². The summed E-state index contributed by atoms with van der Waals surface area (Å²) in [4.78, 5) is 4.33. The average Bonchev–Trinajstić information content (AvgIpc) is 2.45. The smallest absolute Gasteiger partial charge is 0.195 e. The molecule has 0 fully saturated rings. The quantitative estimate of drug-likeness (QED) is 0.842. The summed E-state index contributed by atoms with van der Waals surface area (Å²) in [5.74, 6) is -3.79. The fourth-order valence-corrected chi connectivity index (χ4v) is 2.86. The van der Waals surface area contributed by atoms with Gasteiger partial charge in [0, 0.05) is 18.3 Å². The Balaban J connectivity index is 2.39. The fourth-order valence-electron chi connectivity index (χ4n) is 2.86. The highest BCUT2D eigenvalue weighted by atomic mass is 19.2. The van der Waals surface area contributed by atoms with E-state index >= 15 is 0 Å². The van der Waals surface area contributed by atoms with E-state index in [0.29, 0.717) is 12.2 Å². The van der Waals surface area contributed by atoms with Gasteiger partial charge in [0.2, 0.25) is 0 Å². The lowest BCUT2D eigenvalue weighted by molar-refractivity contribution is 0.453. The fraction of sp³-hybridized carbons (Fsp3) is 0.400. The van der Waals surface area contributed by atoms with E-state index in [1.165, 1.54) is 0 Å². The van der Waals surface area contributed by atoms with Crippen molar-refractivity contribution in [3.05, 3.63) is 34.8 Å². The third kappa shape index (κ3) is 1.92. The highest BCUT2D eigenvalue weighted by Gasteiger charge is 2.23. The van der Waals surface area contributed by atoms with Gasteiger partial charge in [0.1, 0.15) is 0 Å². The number of nitrogens with zero attached hydrogens (tertiary/aromatic N) is 1. The number of hydrogen-bond acceptors (Lipinski definition) is 2. The van der Waals surface area contributed by atoms with E-state index < -0.39 is 17.5 Å². The molecule has 1 aromatic carbocycles. The molecular formula is C15H15F3N2. The van der Waals surface area contributed by atoms with Crippen molar-refractivity contribution in [3.63, 3.8) is 0 Å². The molecule has 0 radical (unpaired) electrons. The largest absolute Gasteiger partial charge is 0.384 e. The topological polar surface area (TPSA) is 24.9 Å². The van der Waals surface area contributed by atoms with Crippen molar-refractivity contribution in [1.29, 1.82) is 0 Å². The predicted molar refractivity (Wildman–Crippen MR) is 72.4 cm³/mol. The monoisotopic (exact) mass is 280 g/mol. The van der Waals surface area contributed by atoms with Crippen LogP contribution >= 0.6 is 0 Å². The number of benzene rings is 1. The average molecular weight is 280 g/mol. The second kappa shape index (κ2) is 4.96. The van der Waals surface area contributed by atoms with Crippen LogP contribution in [0.25, 0.3) is 10.9 Å². The molecular weight excluding hydrogens is 265 g/mol. The standard InChI is InChI=1S/C15H15F3N2/c1-2-19-15-8-5-3-4-6-10(8)20-11-7-9(16)13(17)14(18)12(11)15/h7H,2-6H2,1H3,(H,19,20). The van der Waals surface area contributed by atoms with Gasteiger partial charge < -0.3 is 5.32 Å². The van der Waals surface area contributed by atoms with Crippen LogP contribution in [0.3, 0.4) is 0 Å². The van der Waals surface area contributed by atoms with E-state index in [1.54, 1.807) is 0 Å². The summed E-state index contributed by atoms with van der Waals surface area (Å²) in [5, 5.41) is 3.16. The molecule has 1 aromatic heterocycles. The van der Waals surface area contributed by atoms with Crippen molar-refractivity contribution in [2.75, 3.05) is 11.9 Å². The zero-order chi connectivity index (χ0) is 14.3. The molecule has 0 saturated carbocycles. The molecule has 106 valence electrons. The lowest BCUT2D eigenvalue weighted by atomic mass is 9.92. The van der Waals surface area contributed by atoms with Crippen LogP contribution in [0.4, 0.5) is 18.9 Å². The molecule has 5 heteroatoms. The number of fused-ring (bicyclic) bond motifs is 2. The molecule has 0 amide bonds. The number of pyridine rings is 1. The summed E-state index contributed by atoms with van der Waals surface area (Å²) in [6.07, 6.45) is 3.61. The molecule has 0 aliphatic heterocycles. The molecule has 0 unspecified atom stereocenters. The van der Waals surface area contributed by atoms with E-state index in [2.05, 4.69) is 10.3 Å². The molecule has 1 heterocycles. The van der Waals surface area contributed by atoms with Gasteiger partial charge in [-0.25, -0.2) is 13.2 Å². The highest BCUT2D eigenvalue weighted by Crippen LogP contribution is 2.35. The molecule has 1 aliphatic rings. The van der Waals surface area contributed by atoms with Gasteiger partial charge >= 0.3 is 0 Å². The van der Waals surface area contributed by atoms with Crippen molar-refractivity contribution in [3.8, 4) is 0 Å². The third-order valence-electron chi connectivity index (χ3n) is 3.74. The number of aromatic nitrogens is 1. The van der Waals surface area contributed by atoms with Crippen LogP contribution in [0, 0.1) is 17.5 Å². The minimum atomic E-state index is -1.44. The molecule has 2 nitrogen and oxygen atoms in total. The van der Waals surface area contributed by atoms with Crippen molar-refractivity contribution in [1.82, 2.24) is 4.98 Å². The summed E-state index contributed by atoms with van der Waals surface area (Å²) in [6, 6.07) is 0.976.